The smallest absolute Gasteiger partial charge is 0.363 e. The summed E-state index contributed by atoms with van der Waals surface area (Å²) < 4.78 is 10.7. The maximum absolute atomic E-state index is 12.0. The van der Waals surface area contributed by atoms with Gasteiger partial charge < -0.3 is 9.47 Å². The third kappa shape index (κ3) is 3.55. The molecule has 3 rings (SSSR count). The molecule has 4 nitrogen and oxygen atoms in total. The van der Waals surface area contributed by atoms with Gasteiger partial charge >= 0.3 is 5.97 Å². The van der Waals surface area contributed by atoms with Crippen LogP contribution in [0.15, 0.2) is 77.9 Å². The molecule has 0 saturated heterocycles. The van der Waals surface area contributed by atoms with Crippen LogP contribution in [-0.4, -0.2) is 18.5 Å². The summed E-state index contributed by atoms with van der Waals surface area (Å²) in [4.78, 5) is 16.2. The highest BCUT2D eigenvalue weighted by Gasteiger charge is 2.23. The Balaban J connectivity index is 1.86. The molecule has 0 unspecified atom stereocenters. The van der Waals surface area contributed by atoms with Crippen LogP contribution in [0.1, 0.15) is 11.1 Å². The Morgan fingerprint density at radius 2 is 1.96 bits per heavy atom. The number of aliphatic imine (C=N–C) groups is 1. The lowest BCUT2D eigenvalue weighted by molar-refractivity contribution is -0.129. The van der Waals surface area contributed by atoms with E-state index in [1.54, 1.807) is 12.2 Å². The van der Waals surface area contributed by atoms with Crippen molar-refractivity contribution >= 4 is 17.9 Å². The predicted octanol–water partition coefficient (Wildman–Crippen LogP) is 3.60. The molecule has 1 aliphatic heterocycles. The van der Waals surface area contributed by atoms with Gasteiger partial charge in [0.2, 0.25) is 5.90 Å². The van der Waals surface area contributed by atoms with Crippen LogP contribution in [0.5, 0.6) is 5.75 Å². The highest BCUT2D eigenvalue weighted by molar-refractivity contribution is 6.12. The average molecular weight is 305 g/mol. The van der Waals surface area contributed by atoms with Gasteiger partial charge in [-0.15, -0.1) is 0 Å². The molecule has 0 bridgehead atoms. The molecule has 4 heteroatoms. The number of hydrogen-bond donors (Lipinski definition) is 0. The third-order valence-corrected chi connectivity index (χ3v) is 3.17. The first-order valence-electron chi connectivity index (χ1n) is 7.18. The van der Waals surface area contributed by atoms with E-state index in [0.29, 0.717) is 18.3 Å². The number of rotatable bonds is 5. The highest BCUT2D eigenvalue weighted by Crippen LogP contribution is 2.21. The SMILES string of the molecule is C=CCOc1cccc(/C=C2/N=C(c3ccccc3)OC2=O)c1. The number of carbonyl (C=O) groups is 1. The number of ether oxygens (including phenoxy) is 2. The molecule has 0 spiro atoms. The average Bonchev–Trinajstić information content (AvgIpc) is 2.95. The quantitative estimate of drug-likeness (QED) is 0.482. The molecule has 0 aliphatic carbocycles. The highest BCUT2D eigenvalue weighted by atomic mass is 16.6. The molecule has 2 aromatic carbocycles. The number of nitrogens with zero attached hydrogens (tertiary/aromatic N) is 1. The minimum Gasteiger partial charge on any atom is -0.490 e. The number of cyclic esters (lactones) is 1. The van der Waals surface area contributed by atoms with Crippen molar-refractivity contribution in [3.63, 3.8) is 0 Å². The zero-order chi connectivity index (χ0) is 16.1. The van der Waals surface area contributed by atoms with Crippen molar-refractivity contribution in [2.45, 2.75) is 0 Å². The third-order valence-electron chi connectivity index (χ3n) is 3.17. The number of esters is 1. The molecule has 1 aliphatic rings. The lowest BCUT2D eigenvalue weighted by atomic mass is 10.2. The summed E-state index contributed by atoms with van der Waals surface area (Å²) in [7, 11) is 0. The molecule has 0 fully saturated rings. The lowest BCUT2D eigenvalue weighted by Crippen LogP contribution is -2.04. The van der Waals surface area contributed by atoms with Gasteiger partial charge in [0.05, 0.1) is 0 Å². The second-order valence-corrected chi connectivity index (χ2v) is 4.87. The molecule has 1 heterocycles. The van der Waals surface area contributed by atoms with Gasteiger partial charge in [0, 0.05) is 5.56 Å². The standard InChI is InChI=1S/C19H15NO3/c1-2-11-22-16-10-6-7-14(12-16)13-17-19(21)23-18(20-17)15-8-4-3-5-9-15/h2-10,12-13H,1,11H2/b17-13+. The minimum atomic E-state index is -0.457. The molecular formula is C19H15NO3. The lowest BCUT2D eigenvalue weighted by Gasteiger charge is -2.03. The summed E-state index contributed by atoms with van der Waals surface area (Å²) in [6.07, 6.45) is 3.36. The largest absolute Gasteiger partial charge is 0.490 e. The first-order chi connectivity index (χ1) is 11.3. The summed E-state index contributed by atoms with van der Waals surface area (Å²) in [5.74, 6) is 0.569. The van der Waals surface area contributed by atoms with Crippen molar-refractivity contribution in [2.75, 3.05) is 6.61 Å². The van der Waals surface area contributed by atoms with Gasteiger partial charge in [-0.1, -0.05) is 43.0 Å². The Morgan fingerprint density at radius 1 is 1.13 bits per heavy atom. The molecule has 0 saturated carbocycles. The minimum absolute atomic E-state index is 0.268. The van der Waals surface area contributed by atoms with Crippen LogP contribution in [0.25, 0.3) is 6.08 Å². The van der Waals surface area contributed by atoms with Gasteiger partial charge in [-0.25, -0.2) is 9.79 Å². The monoisotopic (exact) mass is 305 g/mol. The molecule has 0 aromatic heterocycles. The summed E-state index contributed by atoms with van der Waals surface area (Å²) in [5, 5.41) is 0. The van der Waals surface area contributed by atoms with Crippen molar-refractivity contribution < 1.29 is 14.3 Å². The molecule has 0 N–H and O–H groups in total. The normalized spacial score (nSPS) is 15.2. The van der Waals surface area contributed by atoms with Crippen molar-refractivity contribution in [2.24, 2.45) is 4.99 Å². The van der Waals surface area contributed by atoms with Crippen LogP contribution in [0, 0.1) is 0 Å². The maximum Gasteiger partial charge on any atom is 0.363 e. The van der Waals surface area contributed by atoms with Crippen molar-refractivity contribution in [3.8, 4) is 5.75 Å². The maximum atomic E-state index is 12.0. The van der Waals surface area contributed by atoms with E-state index in [1.165, 1.54) is 0 Å². The molecule has 23 heavy (non-hydrogen) atoms. The van der Waals surface area contributed by atoms with Crippen LogP contribution in [0.3, 0.4) is 0 Å². The van der Waals surface area contributed by atoms with E-state index in [9.17, 15) is 4.79 Å². The Labute approximate surface area is 134 Å². The topological polar surface area (TPSA) is 47.9 Å². The van der Waals surface area contributed by atoms with E-state index in [0.717, 1.165) is 11.1 Å². The van der Waals surface area contributed by atoms with Gasteiger partial charge in [-0.2, -0.15) is 0 Å². The second kappa shape index (κ2) is 6.75. The Morgan fingerprint density at radius 3 is 2.74 bits per heavy atom. The first kappa shape index (κ1) is 14.8. The first-order valence-corrected chi connectivity index (χ1v) is 7.18. The van der Waals surface area contributed by atoms with E-state index >= 15 is 0 Å². The second-order valence-electron chi connectivity index (χ2n) is 4.87. The molecule has 2 aromatic rings. The molecule has 114 valence electrons. The van der Waals surface area contributed by atoms with Gasteiger partial charge in [0.25, 0.3) is 0 Å². The van der Waals surface area contributed by atoms with Crippen molar-refractivity contribution in [1.82, 2.24) is 0 Å². The van der Waals surface area contributed by atoms with Crippen molar-refractivity contribution in [3.05, 3.63) is 84.1 Å². The Bertz CT molecular complexity index is 791. The van der Waals surface area contributed by atoms with Crippen molar-refractivity contribution in [1.29, 1.82) is 0 Å². The fourth-order valence-electron chi connectivity index (χ4n) is 2.12. The predicted molar refractivity (Wildman–Crippen MR) is 89.2 cm³/mol. The zero-order valence-corrected chi connectivity index (χ0v) is 12.4. The van der Waals surface area contributed by atoms with Crippen LogP contribution in [0.2, 0.25) is 0 Å². The number of hydrogen-bond acceptors (Lipinski definition) is 4. The molecule has 0 amide bonds. The fourth-order valence-corrected chi connectivity index (χ4v) is 2.12. The van der Waals surface area contributed by atoms with E-state index < -0.39 is 5.97 Å². The van der Waals surface area contributed by atoms with Crippen LogP contribution < -0.4 is 4.74 Å². The Hall–Kier alpha value is -3.14. The summed E-state index contributed by atoms with van der Waals surface area (Å²) >= 11 is 0. The Kier molecular flexibility index (Phi) is 4.34. The summed E-state index contributed by atoms with van der Waals surface area (Å²) in [6.45, 7) is 4.04. The number of benzene rings is 2. The van der Waals surface area contributed by atoms with Crippen LogP contribution in [0.4, 0.5) is 0 Å². The van der Waals surface area contributed by atoms with Crippen LogP contribution >= 0.6 is 0 Å². The summed E-state index contributed by atoms with van der Waals surface area (Å²) in [5.41, 5.74) is 1.86. The van der Waals surface area contributed by atoms with Gasteiger partial charge in [0.15, 0.2) is 5.70 Å². The van der Waals surface area contributed by atoms with Gasteiger partial charge in [-0.3, -0.25) is 0 Å². The van der Waals surface area contributed by atoms with E-state index in [2.05, 4.69) is 11.6 Å². The zero-order valence-electron chi connectivity index (χ0n) is 12.4. The molecule has 0 atom stereocenters. The number of carbonyl (C=O) groups excluding carboxylic acids is 1. The van der Waals surface area contributed by atoms with E-state index in [4.69, 9.17) is 9.47 Å². The fraction of sp³-hybridized carbons (Fsp3) is 0.0526. The van der Waals surface area contributed by atoms with Gasteiger partial charge in [0.1, 0.15) is 12.4 Å². The van der Waals surface area contributed by atoms with Gasteiger partial charge in [-0.05, 0) is 35.9 Å². The van der Waals surface area contributed by atoms with E-state index in [1.807, 2.05) is 54.6 Å². The summed E-state index contributed by atoms with van der Waals surface area (Å²) in [6, 6.07) is 16.7. The van der Waals surface area contributed by atoms with Crippen LogP contribution in [-0.2, 0) is 9.53 Å². The molecule has 0 radical (unpaired) electrons. The van der Waals surface area contributed by atoms with E-state index in [-0.39, 0.29) is 5.70 Å². The molecular weight excluding hydrogens is 290 g/mol.